The van der Waals surface area contributed by atoms with E-state index in [1.165, 1.54) is 0 Å². The maximum absolute atomic E-state index is 11.8. The van der Waals surface area contributed by atoms with Gasteiger partial charge in [-0.3, -0.25) is 4.79 Å². The molecule has 0 radical (unpaired) electrons. The van der Waals surface area contributed by atoms with Gasteiger partial charge in [0.1, 0.15) is 5.54 Å². The van der Waals surface area contributed by atoms with Crippen LogP contribution in [0, 0.1) is 0 Å². The number of hydrogen-bond acceptors (Lipinski definition) is 3. The number of carbonyl (C=O) groups excluding carboxylic acids is 1. The summed E-state index contributed by atoms with van der Waals surface area (Å²) in [7, 11) is 0. The Labute approximate surface area is 101 Å². The highest BCUT2D eigenvalue weighted by Gasteiger charge is 2.41. The number of amides is 1. The third-order valence-corrected chi connectivity index (χ3v) is 3.24. The van der Waals surface area contributed by atoms with E-state index in [1.807, 2.05) is 0 Å². The van der Waals surface area contributed by atoms with Crippen LogP contribution in [0.25, 0.3) is 0 Å². The number of rotatable bonds is 5. The first-order chi connectivity index (χ1) is 8.02. The molecule has 0 saturated heterocycles. The summed E-state index contributed by atoms with van der Waals surface area (Å²) in [6.45, 7) is 3.51. The van der Waals surface area contributed by atoms with Crippen molar-refractivity contribution >= 4 is 11.9 Å². The predicted molar refractivity (Wildman–Crippen MR) is 64.4 cm³/mol. The minimum Gasteiger partial charge on any atom is -0.480 e. The van der Waals surface area contributed by atoms with E-state index in [0.29, 0.717) is 19.3 Å². The molecular weight excluding hydrogens is 220 g/mol. The number of nitrogens with two attached hydrogens (primary N) is 1. The monoisotopic (exact) mass is 240 g/mol. The molecule has 96 valence electrons. The van der Waals surface area contributed by atoms with Crippen LogP contribution in [0.3, 0.4) is 0 Å². The van der Waals surface area contributed by atoms with E-state index in [4.69, 9.17) is 5.73 Å². The van der Waals surface area contributed by atoms with Crippen LogP contribution in [0.2, 0.25) is 0 Å². The van der Waals surface area contributed by atoms with Gasteiger partial charge in [0, 0.05) is 0 Å². The van der Waals surface area contributed by atoms with Crippen LogP contribution in [0.15, 0.2) is 12.7 Å². The van der Waals surface area contributed by atoms with Crippen molar-refractivity contribution in [1.82, 2.24) is 5.32 Å². The molecule has 0 aromatic heterocycles. The minimum atomic E-state index is -1.12. The van der Waals surface area contributed by atoms with Crippen molar-refractivity contribution in [1.29, 1.82) is 0 Å². The molecule has 0 heterocycles. The summed E-state index contributed by atoms with van der Waals surface area (Å²) in [6.07, 6.45) is 5.53. The average Bonchev–Trinajstić information content (AvgIpc) is 2.30. The van der Waals surface area contributed by atoms with Crippen LogP contribution < -0.4 is 11.1 Å². The van der Waals surface area contributed by atoms with Crippen molar-refractivity contribution in [3.63, 3.8) is 0 Å². The van der Waals surface area contributed by atoms with Gasteiger partial charge in [-0.25, -0.2) is 4.79 Å². The molecule has 0 aliphatic heterocycles. The van der Waals surface area contributed by atoms with Gasteiger partial charge < -0.3 is 16.2 Å². The van der Waals surface area contributed by atoms with Crippen molar-refractivity contribution < 1.29 is 14.7 Å². The SMILES string of the molecule is C=CCC(N)C(=O)NC1(C(=O)O)CCCCC1. The lowest BCUT2D eigenvalue weighted by molar-refractivity contribution is -0.149. The van der Waals surface area contributed by atoms with Crippen LogP contribution in [-0.4, -0.2) is 28.6 Å². The molecule has 5 nitrogen and oxygen atoms in total. The maximum Gasteiger partial charge on any atom is 0.329 e. The third-order valence-electron chi connectivity index (χ3n) is 3.24. The largest absolute Gasteiger partial charge is 0.480 e. The number of aliphatic carboxylic acids is 1. The lowest BCUT2D eigenvalue weighted by Crippen LogP contribution is -2.58. The van der Waals surface area contributed by atoms with E-state index in [0.717, 1.165) is 19.3 Å². The number of carboxylic acid groups (broad SMARTS) is 1. The second kappa shape index (κ2) is 5.82. The predicted octanol–water partition coefficient (Wildman–Crippen LogP) is 0.793. The van der Waals surface area contributed by atoms with Crippen molar-refractivity contribution in [2.45, 2.75) is 50.1 Å². The van der Waals surface area contributed by atoms with Crippen molar-refractivity contribution in [3.05, 3.63) is 12.7 Å². The van der Waals surface area contributed by atoms with Gasteiger partial charge in [0.15, 0.2) is 0 Å². The summed E-state index contributed by atoms with van der Waals surface area (Å²) < 4.78 is 0. The minimum absolute atomic E-state index is 0.349. The molecule has 1 fully saturated rings. The molecule has 17 heavy (non-hydrogen) atoms. The second-order valence-corrected chi connectivity index (χ2v) is 4.57. The van der Waals surface area contributed by atoms with E-state index in [9.17, 15) is 14.7 Å². The molecule has 1 amide bonds. The first-order valence-corrected chi connectivity index (χ1v) is 5.94. The quantitative estimate of drug-likeness (QED) is 0.619. The smallest absolute Gasteiger partial charge is 0.329 e. The molecule has 0 aromatic carbocycles. The zero-order chi connectivity index (χ0) is 12.9. The van der Waals surface area contributed by atoms with E-state index >= 15 is 0 Å². The van der Waals surface area contributed by atoms with Crippen LogP contribution >= 0.6 is 0 Å². The summed E-state index contributed by atoms with van der Waals surface area (Å²) in [5.41, 5.74) is 4.51. The number of carbonyl (C=O) groups is 2. The van der Waals surface area contributed by atoms with Gasteiger partial charge >= 0.3 is 5.97 Å². The summed E-state index contributed by atoms with van der Waals surface area (Å²) in [6, 6.07) is -0.717. The van der Waals surface area contributed by atoms with Gasteiger partial charge in [0.2, 0.25) is 5.91 Å². The topological polar surface area (TPSA) is 92.4 Å². The number of nitrogens with one attached hydrogen (secondary N) is 1. The fraction of sp³-hybridized carbons (Fsp3) is 0.667. The van der Waals surface area contributed by atoms with E-state index in [-0.39, 0.29) is 0 Å². The highest BCUT2D eigenvalue weighted by Crippen LogP contribution is 2.28. The number of carboxylic acids is 1. The summed E-state index contributed by atoms with van der Waals surface area (Å²) >= 11 is 0. The molecule has 1 unspecified atom stereocenters. The summed E-state index contributed by atoms with van der Waals surface area (Å²) in [4.78, 5) is 23.1. The average molecular weight is 240 g/mol. The standard InChI is InChI=1S/C12H20N2O3/c1-2-6-9(13)10(15)14-12(11(16)17)7-4-3-5-8-12/h2,9H,1,3-8,13H2,(H,14,15)(H,16,17). The Hall–Kier alpha value is -1.36. The fourth-order valence-corrected chi connectivity index (χ4v) is 2.16. The summed E-state index contributed by atoms with van der Waals surface area (Å²) in [5.74, 6) is -1.37. The van der Waals surface area contributed by atoms with Crippen molar-refractivity contribution in [2.24, 2.45) is 5.73 Å². The van der Waals surface area contributed by atoms with Crippen LogP contribution in [0.4, 0.5) is 0 Å². The molecule has 0 aromatic rings. The lowest BCUT2D eigenvalue weighted by atomic mass is 9.81. The summed E-state index contributed by atoms with van der Waals surface area (Å²) in [5, 5.41) is 11.9. The Bertz CT molecular complexity index is 309. The highest BCUT2D eigenvalue weighted by molar-refractivity contribution is 5.89. The van der Waals surface area contributed by atoms with Gasteiger partial charge in [-0.05, 0) is 19.3 Å². The Morgan fingerprint density at radius 3 is 2.47 bits per heavy atom. The molecule has 1 rings (SSSR count). The molecule has 4 N–H and O–H groups in total. The third kappa shape index (κ3) is 3.30. The van der Waals surface area contributed by atoms with Gasteiger partial charge in [-0.1, -0.05) is 25.3 Å². The lowest BCUT2D eigenvalue weighted by Gasteiger charge is -2.34. The van der Waals surface area contributed by atoms with E-state index in [2.05, 4.69) is 11.9 Å². The highest BCUT2D eigenvalue weighted by atomic mass is 16.4. The zero-order valence-corrected chi connectivity index (χ0v) is 9.95. The van der Waals surface area contributed by atoms with Crippen molar-refractivity contribution in [2.75, 3.05) is 0 Å². The normalized spacial score (nSPS) is 20.3. The molecule has 1 saturated carbocycles. The second-order valence-electron chi connectivity index (χ2n) is 4.57. The van der Waals surface area contributed by atoms with Crippen LogP contribution in [0.1, 0.15) is 38.5 Å². The van der Waals surface area contributed by atoms with Crippen LogP contribution in [0.5, 0.6) is 0 Å². The fourth-order valence-electron chi connectivity index (χ4n) is 2.16. The molecule has 1 aliphatic carbocycles. The molecular formula is C12H20N2O3. The maximum atomic E-state index is 11.8. The molecule has 5 heteroatoms. The molecule has 0 spiro atoms. The van der Waals surface area contributed by atoms with Gasteiger partial charge in [-0.2, -0.15) is 0 Å². The Morgan fingerprint density at radius 1 is 1.41 bits per heavy atom. The van der Waals surface area contributed by atoms with Crippen molar-refractivity contribution in [3.8, 4) is 0 Å². The molecule has 1 aliphatic rings. The Kier molecular flexibility index (Phi) is 4.69. The molecule has 0 bridgehead atoms. The first kappa shape index (κ1) is 13.7. The van der Waals surface area contributed by atoms with Gasteiger partial charge in [-0.15, -0.1) is 6.58 Å². The van der Waals surface area contributed by atoms with E-state index in [1.54, 1.807) is 6.08 Å². The van der Waals surface area contributed by atoms with Gasteiger partial charge in [0.05, 0.1) is 6.04 Å². The first-order valence-electron chi connectivity index (χ1n) is 5.94. The zero-order valence-electron chi connectivity index (χ0n) is 9.95. The van der Waals surface area contributed by atoms with Crippen LogP contribution in [-0.2, 0) is 9.59 Å². The number of hydrogen-bond donors (Lipinski definition) is 3. The Morgan fingerprint density at radius 2 is 2.00 bits per heavy atom. The Balaban J connectivity index is 2.69. The molecule has 1 atom stereocenters. The van der Waals surface area contributed by atoms with Gasteiger partial charge in [0.25, 0.3) is 0 Å². The van der Waals surface area contributed by atoms with E-state index < -0.39 is 23.5 Å².